The number of nitrogens with zero attached hydrogens (tertiary/aromatic N) is 3. The topological polar surface area (TPSA) is 47.3 Å². The maximum atomic E-state index is 13.5. The summed E-state index contributed by atoms with van der Waals surface area (Å²) >= 11 is 1.49. The van der Waals surface area contributed by atoms with Crippen LogP contribution in [0.25, 0.3) is 16.2 Å². The Labute approximate surface area is 213 Å². The first-order valence-electron chi connectivity index (χ1n) is 11.7. The van der Waals surface area contributed by atoms with E-state index in [9.17, 15) is 4.79 Å². The van der Waals surface area contributed by atoms with Gasteiger partial charge in [-0.2, -0.15) is 0 Å². The Morgan fingerprint density at radius 1 is 0.750 bits per heavy atom. The Bertz CT molecular complexity index is 1570. The Hall–Kier alpha value is -3.92. The van der Waals surface area contributed by atoms with E-state index >= 15 is 0 Å². The molecule has 3 aromatic carbocycles. The molecular weight excluding hydrogens is 481 g/mol. The van der Waals surface area contributed by atoms with E-state index in [1.165, 1.54) is 27.3 Å². The minimum Gasteiger partial charge on any atom is -0.269 e. The van der Waals surface area contributed by atoms with Gasteiger partial charge in [0.2, 0.25) is 0 Å². The third-order valence-electron chi connectivity index (χ3n) is 6.41. The maximum Gasteiger partial charge on any atom is 0.259 e. The van der Waals surface area contributed by atoms with Crippen LogP contribution in [0.15, 0.2) is 132 Å². The van der Waals surface area contributed by atoms with E-state index in [0.29, 0.717) is 11.1 Å². The van der Waals surface area contributed by atoms with E-state index in [2.05, 4.69) is 96.0 Å². The van der Waals surface area contributed by atoms with Crippen molar-refractivity contribution in [1.82, 2.24) is 14.4 Å². The molecule has 36 heavy (non-hydrogen) atoms. The zero-order valence-corrected chi connectivity index (χ0v) is 21.1. The molecule has 0 radical (unpaired) electrons. The van der Waals surface area contributed by atoms with Gasteiger partial charge in [0.25, 0.3) is 5.56 Å². The van der Waals surface area contributed by atoms with Crippen LogP contribution in [0.1, 0.15) is 5.69 Å². The van der Waals surface area contributed by atoms with E-state index in [-0.39, 0.29) is 5.56 Å². The molecule has 4 nitrogen and oxygen atoms in total. The second-order valence-electron chi connectivity index (χ2n) is 8.54. The number of pyridine rings is 1. The molecule has 0 spiro atoms. The lowest BCUT2D eigenvalue weighted by Gasteiger charge is -2.27. The molecule has 0 bridgehead atoms. The Kier molecular flexibility index (Phi) is 6.02. The van der Waals surface area contributed by atoms with Crippen LogP contribution in [-0.4, -0.2) is 14.4 Å². The van der Waals surface area contributed by atoms with E-state index in [4.69, 9.17) is 4.98 Å². The van der Waals surface area contributed by atoms with Crippen molar-refractivity contribution >= 4 is 39.5 Å². The van der Waals surface area contributed by atoms with E-state index in [1.54, 1.807) is 22.9 Å². The first kappa shape index (κ1) is 22.5. The van der Waals surface area contributed by atoms with Crippen molar-refractivity contribution in [2.45, 2.75) is 6.16 Å². The van der Waals surface area contributed by atoms with Crippen molar-refractivity contribution < 1.29 is 0 Å². The van der Waals surface area contributed by atoms with Gasteiger partial charge in [-0.05, 0) is 48.5 Å². The van der Waals surface area contributed by atoms with Gasteiger partial charge in [-0.1, -0.05) is 54.6 Å². The molecule has 0 atom stereocenters. The van der Waals surface area contributed by atoms with Crippen LogP contribution in [-0.2, 0) is 6.16 Å². The minimum absolute atomic E-state index is 0.0672. The molecule has 6 heteroatoms. The quantitative estimate of drug-likeness (QED) is 0.289. The van der Waals surface area contributed by atoms with Gasteiger partial charge >= 0.3 is 0 Å². The number of aromatic nitrogens is 3. The highest BCUT2D eigenvalue weighted by Crippen LogP contribution is 2.57. The molecule has 3 aromatic heterocycles. The maximum absolute atomic E-state index is 13.5. The van der Waals surface area contributed by atoms with Gasteiger partial charge in [0.1, 0.15) is 29.3 Å². The summed E-state index contributed by atoms with van der Waals surface area (Å²) in [5.74, 6) is 0. The van der Waals surface area contributed by atoms with Gasteiger partial charge in [0, 0.05) is 29.4 Å². The van der Waals surface area contributed by atoms with Crippen molar-refractivity contribution in [1.29, 1.82) is 0 Å². The Balaban J connectivity index is 1.56. The first-order valence-corrected chi connectivity index (χ1v) is 14.6. The van der Waals surface area contributed by atoms with Gasteiger partial charge in [0.15, 0.2) is 4.96 Å². The summed E-state index contributed by atoms with van der Waals surface area (Å²) in [4.78, 5) is 23.4. The molecule has 0 saturated carbocycles. The first-order chi connectivity index (χ1) is 17.8. The second kappa shape index (κ2) is 9.62. The second-order valence-corrected chi connectivity index (χ2v) is 12.9. The summed E-state index contributed by atoms with van der Waals surface area (Å²) in [5, 5.41) is 5.79. The van der Waals surface area contributed by atoms with Crippen molar-refractivity contribution in [3.05, 3.63) is 143 Å². The van der Waals surface area contributed by atoms with Crippen LogP contribution in [0, 0.1) is 0 Å². The van der Waals surface area contributed by atoms with Crippen LogP contribution in [0.4, 0.5) is 0 Å². The van der Waals surface area contributed by atoms with Crippen molar-refractivity contribution in [3.8, 4) is 11.3 Å². The Morgan fingerprint density at radius 3 is 1.86 bits per heavy atom. The van der Waals surface area contributed by atoms with Crippen LogP contribution >= 0.6 is 18.6 Å². The van der Waals surface area contributed by atoms with Gasteiger partial charge in [0.05, 0.1) is 11.4 Å². The third kappa shape index (κ3) is 3.97. The summed E-state index contributed by atoms with van der Waals surface area (Å²) in [5.41, 5.74) is 2.47. The monoisotopic (exact) mass is 504 g/mol. The third-order valence-corrected chi connectivity index (χ3v) is 11.6. The van der Waals surface area contributed by atoms with Crippen molar-refractivity contribution in [3.63, 3.8) is 0 Å². The molecule has 6 aromatic rings. The number of hydrogen-bond acceptors (Lipinski definition) is 4. The fourth-order valence-corrected chi connectivity index (χ4v) is 9.83. The van der Waals surface area contributed by atoms with Gasteiger partial charge in [-0.15, -0.1) is 11.3 Å². The zero-order chi connectivity index (χ0) is 24.4. The SMILES string of the molecule is O=c1cc(C[P+](c2ccccc2)(c2ccccc2)c2ccccc2)nc2scc(-c3cccnc3)n12. The summed E-state index contributed by atoms with van der Waals surface area (Å²) in [6.07, 6.45) is 4.17. The predicted molar refractivity (Wildman–Crippen MR) is 151 cm³/mol. The lowest BCUT2D eigenvalue weighted by atomic mass is 10.2. The fourth-order valence-electron chi connectivity index (χ4n) is 4.77. The predicted octanol–water partition coefficient (Wildman–Crippen LogP) is 5.31. The molecule has 6 rings (SSSR count). The van der Waals surface area contributed by atoms with E-state index in [1.807, 2.05) is 17.5 Å². The standard InChI is InChI=1S/C30H23N3OPS/c34-29-19-24(32-30-33(29)28(22-36-30)23-11-10-18-31-20-23)21-35(25-12-4-1-5-13-25,26-14-6-2-7-15-26)27-16-8-3-9-17-27/h1-20,22H,21H2/q+1. The largest absolute Gasteiger partial charge is 0.269 e. The molecule has 0 unspecified atom stereocenters. The van der Waals surface area contributed by atoms with Crippen molar-refractivity contribution in [2.75, 3.05) is 0 Å². The summed E-state index contributed by atoms with van der Waals surface area (Å²) in [6, 6.07) is 37.6. The van der Waals surface area contributed by atoms with Gasteiger partial charge in [-0.25, -0.2) is 4.98 Å². The molecule has 0 N–H and O–H groups in total. The molecule has 174 valence electrons. The summed E-state index contributed by atoms with van der Waals surface area (Å²) in [6.45, 7) is 0. The lowest BCUT2D eigenvalue weighted by Crippen LogP contribution is -2.33. The Morgan fingerprint density at radius 2 is 1.33 bits per heavy atom. The van der Waals surface area contributed by atoms with Crippen LogP contribution in [0.5, 0.6) is 0 Å². The molecule has 3 heterocycles. The van der Waals surface area contributed by atoms with Crippen LogP contribution in [0.3, 0.4) is 0 Å². The normalized spacial score (nSPS) is 11.6. The molecule has 0 aliphatic carbocycles. The molecule has 0 aliphatic heterocycles. The van der Waals surface area contributed by atoms with Crippen LogP contribution in [0.2, 0.25) is 0 Å². The molecular formula is C30H23N3OPS+. The molecule has 0 saturated heterocycles. The molecule has 0 amide bonds. The van der Waals surface area contributed by atoms with Gasteiger partial charge in [-0.3, -0.25) is 14.2 Å². The number of thiazole rings is 1. The van der Waals surface area contributed by atoms with E-state index in [0.717, 1.165) is 17.0 Å². The number of benzene rings is 3. The fraction of sp³-hybridized carbons (Fsp3) is 0.0333. The highest BCUT2D eigenvalue weighted by molar-refractivity contribution is 7.95. The number of hydrogen-bond donors (Lipinski definition) is 0. The number of fused-ring (bicyclic) bond motifs is 1. The zero-order valence-electron chi connectivity index (χ0n) is 19.4. The van der Waals surface area contributed by atoms with Crippen molar-refractivity contribution in [2.24, 2.45) is 0 Å². The van der Waals surface area contributed by atoms with Crippen LogP contribution < -0.4 is 21.5 Å². The number of rotatable bonds is 6. The average molecular weight is 505 g/mol. The minimum atomic E-state index is -2.14. The van der Waals surface area contributed by atoms with Gasteiger partial charge < -0.3 is 0 Å². The summed E-state index contributed by atoms with van der Waals surface area (Å²) < 4.78 is 1.69. The van der Waals surface area contributed by atoms with E-state index < -0.39 is 7.26 Å². The average Bonchev–Trinajstić information content (AvgIpc) is 3.38. The lowest BCUT2D eigenvalue weighted by molar-refractivity contribution is 1.04. The smallest absolute Gasteiger partial charge is 0.259 e. The highest BCUT2D eigenvalue weighted by Gasteiger charge is 2.46. The molecule has 0 fully saturated rings. The molecule has 0 aliphatic rings. The summed E-state index contributed by atoms with van der Waals surface area (Å²) in [7, 11) is -2.14. The highest BCUT2D eigenvalue weighted by atomic mass is 32.1.